The van der Waals surface area contributed by atoms with Crippen LogP contribution in [0.5, 0.6) is 0 Å². The molecule has 0 aromatic heterocycles. The second-order valence-corrected chi connectivity index (χ2v) is 14.2. The van der Waals surface area contributed by atoms with E-state index in [9.17, 15) is 20.1 Å². The number of aliphatic hydroxyl groups is 3. The first-order valence-corrected chi connectivity index (χ1v) is 20.6. The van der Waals surface area contributed by atoms with Gasteiger partial charge in [-0.1, -0.05) is 179 Å². The lowest BCUT2D eigenvalue weighted by Crippen LogP contribution is -2.50. The Balaban J connectivity index is 3.71. The lowest BCUT2D eigenvalue weighted by molar-refractivity contribution is -0.124. The van der Waals surface area contributed by atoms with E-state index in [-0.39, 0.29) is 12.5 Å². The van der Waals surface area contributed by atoms with Crippen LogP contribution in [0.1, 0.15) is 213 Å². The highest BCUT2D eigenvalue weighted by Gasteiger charge is 2.26. The SMILES string of the molecule is CCCCCCCCCCCCC/C=C/CC/C=C/CCCC(O)C(O)C(CO)NC(=O)CCCCCCCCCCCCCCC. The summed E-state index contributed by atoms with van der Waals surface area (Å²) >= 11 is 0. The van der Waals surface area contributed by atoms with Crippen molar-refractivity contribution in [2.45, 2.75) is 231 Å². The van der Waals surface area contributed by atoms with Crippen LogP contribution in [0.3, 0.4) is 0 Å². The minimum atomic E-state index is -1.16. The predicted octanol–water partition coefficient (Wildman–Crippen LogP) is 11.4. The van der Waals surface area contributed by atoms with Crippen LogP contribution in [0.15, 0.2) is 24.3 Å². The maximum absolute atomic E-state index is 12.4. The molecule has 3 unspecified atom stereocenters. The average molecular weight is 664 g/mol. The van der Waals surface area contributed by atoms with Crippen molar-refractivity contribution in [2.75, 3.05) is 6.61 Å². The molecule has 0 aromatic rings. The molecule has 47 heavy (non-hydrogen) atoms. The van der Waals surface area contributed by atoms with Gasteiger partial charge in [-0.05, 0) is 51.4 Å². The highest BCUT2D eigenvalue weighted by atomic mass is 16.3. The molecule has 0 bridgehead atoms. The third kappa shape index (κ3) is 33.1. The molecular weight excluding hydrogens is 582 g/mol. The first kappa shape index (κ1) is 45.8. The maximum atomic E-state index is 12.4. The lowest BCUT2D eigenvalue weighted by atomic mass is 10.0. The van der Waals surface area contributed by atoms with Crippen molar-refractivity contribution >= 4 is 5.91 Å². The zero-order valence-electron chi connectivity index (χ0n) is 31.4. The second kappa shape index (κ2) is 37.6. The van der Waals surface area contributed by atoms with Gasteiger partial charge in [-0.2, -0.15) is 0 Å². The van der Waals surface area contributed by atoms with E-state index in [4.69, 9.17) is 0 Å². The fourth-order valence-corrected chi connectivity index (χ4v) is 6.30. The number of hydrogen-bond donors (Lipinski definition) is 4. The second-order valence-electron chi connectivity index (χ2n) is 14.2. The Labute approximate surface area is 292 Å². The van der Waals surface area contributed by atoms with Gasteiger partial charge in [0.05, 0.1) is 18.8 Å². The van der Waals surface area contributed by atoms with Gasteiger partial charge < -0.3 is 20.6 Å². The molecule has 0 radical (unpaired) electrons. The van der Waals surface area contributed by atoms with Crippen LogP contribution in [0, 0.1) is 0 Å². The quantitative estimate of drug-likeness (QED) is 0.0393. The van der Waals surface area contributed by atoms with Gasteiger partial charge in [0.1, 0.15) is 6.10 Å². The third-order valence-corrected chi connectivity index (χ3v) is 9.54. The molecule has 0 fully saturated rings. The van der Waals surface area contributed by atoms with Crippen LogP contribution in [0.2, 0.25) is 0 Å². The highest BCUT2D eigenvalue weighted by molar-refractivity contribution is 5.76. The summed E-state index contributed by atoms with van der Waals surface area (Å²) in [4.78, 5) is 12.4. The van der Waals surface area contributed by atoms with E-state index in [0.717, 1.165) is 44.9 Å². The molecule has 0 aliphatic rings. The molecule has 0 saturated heterocycles. The normalized spacial score (nSPS) is 13.9. The zero-order valence-corrected chi connectivity index (χ0v) is 31.4. The summed E-state index contributed by atoms with van der Waals surface area (Å²) < 4.78 is 0. The fraction of sp³-hybridized carbons (Fsp3) is 0.881. The van der Waals surface area contributed by atoms with Gasteiger partial charge in [0, 0.05) is 6.42 Å². The molecule has 0 aromatic carbocycles. The van der Waals surface area contributed by atoms with Crippen molar-refractivity contribution in [1.82, 2.24) is 5.32 Å². The summed E-state index contributed by atoms with van der Waals surface area (Å²) in [7, 11) is 0. The first-order valence-electron chi connectivity index (χ1n) is 20.6. The van der Waals surface area contributed by atoms with E-state index in [1.807, 2.05) is 0 Å². The van der Waals surface area contributed by atoms with Gasteiger partial charge in [-0.25, -0.2) is 0 Å². The van der Waals surface area contributed by atoms with E-state index in [2.05, 4.69) is 43.5 Å². The maximum Gasteiger partial charge on any atom is 0.220 e. The Bertz CT molecular complexity index is 694. The van der Waals surface area contributed by atoms with Crippen LogP contribution >= 0.6 is 0 Å². The molecule has 278 valence electrons. The number of rotatable bonds is 37. The standard InChI is InChI=1S/C42H81NO4/c1-3-5-7-9-11-13-15-17-18-19-20-21-22-23-25-26-28-30-32-34-36-40(45)42(47)39(38-44)43-41(46)37-35-33-31-29-27-24-16-14-12-10-8-6-4-2/h22-23,28,30,39-40,42,44-45,47H,3-21,24-27,29,31-38H2,1-2H3,(H,43,46)/b23-22+,30-28+. The van der Waals surface area contributed by atoms with E-state index in [1.165, 1.54) is 141 Å². The van der Waals surface area contributed by atoms with E-state index in [0.29, 0.717) is 12.8 Å². The summed E-state index contributed by atoms with van der Waals surface area (Å²) in [6, 6.07) is -0.827. The zero-order chi connectivity index (χ0) is 34.5. The molecule has 5 nitrogen and oxygen atoms in total. The fourth-order valence-electron chi connectivity index (χ4n) is 6.30. The van der Waals surface area contributed by atoms with Gasteiger partial charge in [-0.3, -0.25) is 4.79 Å². The molecule has 3 atom stereocenters. The molecule has 0 spiro atoms. The number of allylic oxidation sites excluding steroid dienone is 4. The van der Waals surface area contributed by atoms with Crippen molar-refractivity contribution in [3.63, 3.8) is 0 Å². The summed E-state index contributed by atoms with van der Waals surface area (Å²) in [5.74, 6) is -0.158. The largest absolute Gasteiger partial charge is 0.394 e. The Morgan fingerprint density at radius 1 is 0.511 bits per heavy atom. The smallest absolute Gasteiger partial charge is 0.220 e. The molecule has 0 saturated carbocycles. The highest BCUT2D eigenvalue weighted by Crippen LogP contribution is 2.15. The number of nitrogens with one attached hydrogen (secondary N) is 1. The van der Waals surface area contributed by atoms with Gasteiger partial charge in [0.2, 0.25) is 5.91 Å². The topological polar surface area (TPSA) is 89.8 Å². The Morgan fingerprint density at radius 3 is 1.30 bits per heavy atom. The molecule has 0 aliphatic heterocycles. The van der Waals surface area contributed by atoms with Crippen LogP contribution in [-0.2, 0) is 4.79 Å². The van der Waals surface area contributed by atoms with E-state index >= 15 is 0 Å². The monoisotopic (exact) mass is 664 g/mol. The minimum Gasteiger partial charge on any atom is -0.394 e. The lowest BCUT2D eigenvalue weighted by Gasteiger charge is -2.26. The molecule has 0 heterocycles. The summed E-state index contributed by atoms with van der Waals surface area (Å²) in [6.07, 6.45) is 44.2. The van der Waals surface area contributed by atoms with Crippen molar-refractivity contribution in [2.24, 2.45) is 0 Å². The van der Waals surface area contributed by atoms with E-state index in [1.54, 1.807) is 0 Å². The van der Waals surface area contributed by atoms with Gasteiger partial charge in [0.15, 0.2) is 0 Å². The molecule has 5 heteroatoms. The molecule has 1 amide bonds. The van der Waals surface area contributed by atoms with Crippen molar-refractivity contribution in [1.29, 1.82) is 0 Å². The number of hydrogen-bond acceptors (Lipinski definition) is 4. The van der Waals surface area contributed by atoms with Gasteiger partial charge in [0.25, 0.3) is 0 Å². The minimum absolute atomic E-state index is 0.158. The Hall–Kier alpha value is -1.17. The molecular formula is C42H81NO4. The first-order chi connectivity index (χ1) is 23.1. The molecule has 0 aliphatic carbocycles. The summed E-state index contributed by atoms with van der Waals surface area (Å²) in [5, 5.41) is 33.4. The van der Waals surface area contributed by atoms with Gasteiger partial charge in [-0.15, -0.1) is 0 Å². The van der Waals surface area contributed by atoms with Crippen LogP contribution in [0.25, 0.3) is 0 Å². The van der Waals surface area contributed by atoms with Crippen LogP contribution in [-0.4, -0.2) is 46.1 Å². The third-order valence-electron chi connectivity index (χ3n) is 9.54. The van der Waals surface area contributed by atoms with Crippen molar-refractivity contribution in [3.8, 4) is 0 Å². The average Bonchev–Trinajstić information content (AvgIpc) is 3.07. The summed E-state index contributed by atoms with van der Waals surface area (Å²) in [5.41, 5.74) is 0. The Kier molecular flexibility index (Phi) is 36.7. The van der Waals surface area contributed by atoms with Crippen molar-refractivity contribution in [3.05, 3.63) is 24.3 Å². The summed E-state index contributed by atoms with van der Waals surface area (Å²) in [6.45, 7) is 4.16. The number of carbonyl (C=O) groups is 1. The van der Waals surface area contributed by atoms with Gasteiger partial charge >= 0.3 is 0 Å². The van der Waals surface area contributed by atoms with E-state index < -0.39 is 18.2 Å². The number of unbranched alkanes of at least 4 members (excludes halogenated alkanes) is 25. The Morgan fingerprint density at radius 2 is 0.872 bits per heavy atom. The molecule has 0 rings (SSSR count). The predicted molar refractivity (Wildman–Crippen MR) is 204 cm³/mol. The number of aliphatic hydroxyl groups excluding tert-OH is 3. The van der Waals surface area contributed by atoms with Crippen LogP contribution in [0.4, 0.5) is 0 Å². The number of carbonyl (C=O) groups excluding carboxylic acids is 1. The van der Waals surface area contributed by atoms with Crippen LogP contribution < -0.4 is 5.32 Å². The van der Waals surface area contributed by atoms with Crippen molar-refractivity contribution < 1.29 is 20.1 Å². The number of amides is 1. The molecule has 4 N–H and O–H groups in total.